The molecule has 0 saturated carbocycles. The SMILES string of the molecule is CN(CCl)CCN1CCCOCC1. The van der Waals surface area contributed by atoms with Gasteiger partial charge in [0.2, 0.25) is 0 Å². The summed E-state index contributed by atoms with van der Waals surface area (Å²) in [5.41, 5.74) is 0. The predicted molar refractivity (Wildman–Crippen MR) is 55.2 cm³/mol. The van der Waals surface area contributed by atoms with E-state index in [-0.39, 0.29) is 0 Å². The number of hydrogen-bond donors (Lipinski definition) is 0. The normalized spacial score (nSPS) is 20.5. The Labute approximate surface area is 85.6 Å². The van der Waals surface area contributed by atoms with E-state index in [1.807, 2.05) is 7.05 Å². The van der Waals surface area contributed by atoms with Crippen molar-refractivity contribution in [3.8, 4) is 0 Å². The number of halogens is 1. The Morgan fingerprint density at radius 2 is 2.23 bits per heavy atom. The fourth-order valence-electron chi connectivity index (χ4n) is 1.39. The summed E-state index contributed by atoms with van der Waals surface area (Å²) in [5.74, 6) is 0. The number of hydrogen-bond acceptors (Lipinski definition) is 3. The van der Waals surface area contributed by atoms with Gasteiger partial charge in [-0.25, -0.2) is 0 Å². The molecule has 0 aliphatic carbocycles. The van der Waals surface area contributed by atoms with E-state index in [0.717, 1.165) is 45.8 Å². The standard InChI is InChI=1S/C9H19ClN2O/c1-11(9-10)4-5-12-3-2-7-13-8-6-12/h2-9H2,1H3. The molecule has 0 N–H and O–H groups in total. The van der Waals surface area contributed by atoms with Crippen LogP contribution < -0.4 is 0 Å². The highest BCUT2D eigenvalue weighted by atomic mass is 35.5. The van der Waals surface area contributed by atoms with Crippen molar-refractivity contribution < 1.29 is 4.74 Å². The first-order chi connectivity index (χ1) is 6.33. The Morgan fingerprint density at radius 1 is 1.38 bits per heavy atom. The Hall–Kier alpha value is 0.170. The van der Waals surface area contributed by atoms with E-state index in [2.05, 4.69) is 9.80 Å². The molecule has 1 heterocycles. The number of rotatable bonds is 4. The highest BCUT2D eigenvalue weighted by Crippen LogP contribution is 1.99. The highest BCUT2D eigenvalue weighted by Gasteiger charge is 2.08. The van der Waals surface area contributed by atoms with E-state index < -0.39 is 0 Å². The first-order valence-electron chi connectivity index (χ1n) is 4.87. The average Bonchev–Trinajstić information content (AvgIpc) is 2.42. The van der Waals surface area contributed by atoms with E-state index >= 15 is 0 Å². The third kappa shape index (κ3) is 4.81. The summed E-state index contributed by atoms with van der Waals surface area (Å²) in [5, 5.41) is 0. The molecule has 0 spiro atoms. The van der Waals surface area contributed by atoms with Gasteiger partial charge in [-0.1, -0.05) is 0 Å². The first-order valence-corrected chi connectivity index (χ1v) is 5.41. The summed E-state index contributed by atoms with van der Waals surface area (Å²) >= 11 is 5.68. The van der Waals surface area contributed by atoms with Gasteiger partial charge < -0.3 is 4.74 Å². The third-order valence-electron chi connectivity index (χ3n) is 2.32. The summed E-state index contributed by atoms with van der Waals surface area (Å²) in [6.45, 7) is 6.18. The molecule has 1 aliphatic heterocycles. The minimum Gasteiger partial charge on any atom is -0.380 e. The molecule has 78 valence electrons. The second kappa shape index (κ2) is 6.60. The van der Waals surface area contributed by atoms with Crippen molar-refractivity contribution in [2.75, 3.05) is 52.4 Å². The summed E-state index contributed by atoms with van der Waals surface area (Å²) < 4.78 is 5.38. The molecule has 0 aromatic rings. The van der Waals surface area contributed by atoms with Crippen LogP contribution >= 0.6 is 11.6 Å². The number of alkyl halides is 1. The van der Waals surface area contributed by atoms with E-state index in [1.54, 1.807) is 0 Å². The predicted octanol–water partition coefficient (Wildman–Crippen LogP) is 0.837. The smallest absolute Gasteiger partial charge is 0.0736 e. The van der Waals surface area contributed by atoms with Crippen LogP contribution in [0.3, 0.4) is 0 Å². The Kier molecular flexibility index (Phi) is 5.71. The van der Waals surface area contributed by atoms with Crippen LogP contribution in [-0.2, 0) is 4.74 Å². The molecule has 1 fully saturated rings. The molecule has 0 radical (unpaired) electrons. The Bertz CT molecular complexity index is 127. The van der Waals surface area contributed by atoms with Gasteiger partial charge in [-0.3, -0.25) is 9.80 Å². The fourth-order valence-corrected chi connectivity index (χ4v) is 1.51. The van der Waals surface area contributed by atoms with Gasteiger partial charge in [0.1, 0.15) is 0 Å². The highest BCUT2D eigenvalue weighted by molar-refractivity contribution is 6.17. The molecule has 1 aliphatic rings. The molecule has 0 aromatic heterocycles. The number of likely N-dealkylation sites (N-methyl/N-ethyl adjacent to an activating group) is 1. The van der Waals surface area contributed by atoms with Crippen LogP contribution in [0.25, 0.3) is 0 Å². The van der Waals surface area contributed by atoms with Crippen molar-refractivity contribution in [2.45, 2.75) is 6.42 Å². The average molecular weight is 207 g/mol. The number of ether oxygens (including phenoxy) is 1. The van der Waals surface area contributed by atoms with Crippen LogP contribution in [0.5, 0.6) is 0 Å². The molecule has 1 saturated heterocycles. The molecule has 0 aromatic carbocycles. The maximum absolute atomic E-state index is 5.68. The zero-order valence-corrected chi connectivity index (χ0v) is 9.09. The van der Waals surface area contributed by atoms with Gasteiger partial charge in [0.15, 0.2) is 0 Å². The van der Waals surface area contributed by atoms with E-state index in [1.165, 1.54) is 0 Å². The molecule has 4 heteroatoms. The maximum atomic E-state index is 5.68. The van der Waals surface area contributed by atoms with Crippen molar-refractivity contribution in [1.29, 1.82) is 0 Å². The topological polar surface area (TPSA) is 15.7 Å². The van der Waals surface area contributed by atoms with Crippen molar-refractivity contribution in [3.05, 3.63) is 0 Å². The molecular weight excluding hydrogens is 188 g/mol. The minimum atomic E-state index is 0.615. The molecule has 0 bridgehead atoms. The van der Waals surface area contributed by atoms with Gasteiger partial charge in [-0.2, -0.15) is 0 Å². The van der Waals surface area contributed by atoms with Crippen molar-refractivity contribution in [3.63, 3.8) is 0 Å². The van der Waals surface area contributed by atoms with Crippen LogP contribution in [0.2, 0.25) is 0 Å². The maximum Gasteiger partial charge on any atom is 0.0736 e. The van der Waals surface area contributed by atoms with Crippen LogP contribution in [0.4, 0.5) is 0 Å². The lowest BCUT2D eigenvalue weighted by Gasteiger charge is -2.21. The quantitative estimate of drug-likeness (QED) is 0.501. The molecular formula is C9H19ClN2O. The lowest BCUT2D eigenvalue weighted by molar-refractivity contribution is 0.140. The van der Waals surface area contributed by atoms with E-state index in [0.29, 0.717) is 6.00 Å². The largest absolute Gasteiger partial charge is 0.380 e. The van der Waals surface area contributed by atoms with Crippen molar-refractivity contribution in [1.82, 2.24) is 9.80 Å². The van der Waals surface area contributed by atoms with Gasteiger partial charge in [-0.05, 0) is 13.5 Å². The molecule has 0 unspecified atom stereocenters. The number of nitrogens with zero attached hydrogens (tertiary/aromatic N) is 2. The first kappa shape index (κ1) is 11.2. The zero-order chi connectivity index (χ0) is 9.52. The van der Waals surface area contributed by atoms with Crippen LogP contribution in [-0.4, -0.2) is 62.2 Å². The van der Waals surface area contributed by atoms with Gasteiger partial charge in [0.25, 0.3) is 0 Å². The second-order valence-electron chi connectivity index (χ2n) is 3.51. The van der Waals surface area contributed by atoms with Gasteiger partial charge in [0, 0.05) is 32.8 Å². The minimum absolute atomic E-state index is 0.615. The van der Waals surface area contributed by atoms with Crippen molar-refractivity contribution in [2.24, 2.45) is 0 Å². The van der Waals surface area contributed by atoms with Crippen molar-refractivity contribution >= 4 is 11.6 Å². The zero-order valence-electron chi connectivity index (χ0n) is 8.34. The second-order valence-corrected chi connectivity index (χ2v) is 3.75. The van der Waals surface area contributed by atoms with E-state index in [4.69, 9.17) is 16.3 Å². The summed E-state index contributed by atoms with van der Waals surface area (Å²) in [6, 6.07) is 0.615. The lowest BCUT2D eigenvalue weighted by atomic mass is 10.4. The summed E-state index contributed by atoms with van der Waals surface area (Å²) in [6.07, 6.45) is 1.16. The van der Waals surface area contributed by atoms with Crippen LogP contribution in [0.1, 0.15) is 6.42 Å². The van der Waals surface area contributed by atoms with Crippen LogP contribution in [0.15, 0.2) is 0 Å². The summed E-state index contributed by atoms with van der Waals surface area (Å²) in [7, 11) is 2.04. The molecule has 0 amide bonds. The molecule has 0 atom stereocenters. The molecule has 3 nitrogen and oxygen atoms in total. The van der Waals surface area contributed by atoms with Gasteiger partial charge in [-0.15, -0.1) is 11.6 Å². The Balaban J connectivity index is 2.11. The third-order valence-corrected chi connectivity index (χ3v) is 2.72. The lowest BCUT2D eigenvalue weighted by Crippen LogP contribution is -2.34. The van der Waals surface area contributed by atoms with Crippen LogP contribution in [0, 0.1) is 0 Å². The fraction of sp³-hybridized carbons (Fsp3) is 1.00. The molecule has 1 rings (SSSR count). The van der Waals surface area contributed by atoms with E-state index in [9.17, 15) is 0 Å². The monoisotopic (exact) mass is 206 g/mol. The summed E-state index contributed by atoms with van der Waals surface area (Å²) in [4.78, 5) is 4.56. The van der Waals surface area contributed by atoms with Gasteiger partial charge in [0.05, 0.1) is 12.6 Å². The molecule has 13 heavy (non-hydrogen) atoms. The van der Waals surface area contributed by atoms with Gasteiger partial charge >= 0.3 is 0 Å². The Morgan fingerprint density at radius 3 is 3.00 bits per heavy atom.